The van der Waals surface area contributed by atoms with Gasteiger partial charge in [-0.25, -0.2) is 8.42 Å². The quantitative estimate of drug-likeness (QED) is 0.724. The van der Waals surface area contributed by atoms with Crippen molar-refractivity contribution in [2.24, 2.45) is 0 Å². The van der Waals surface area contributed by atoms with Gasteiger partial charge in [0, 0.05) is 30.7 Å². The Morgan fingerprint density at radius 1 is 0.933 bits per heavy atom. The first kappa shape index (κ1) is 19.7. The fourth-order valence-electron chi connectivity index (χ4n) is 4.94. The largest absolute Gasteiger partial charge is 0.379 e. The molecule has 3 fully saturated rings. The highest BCUT2D eigenvalue weighted by Gasteiger charge is 2.44. The van der Waals surface area contributed by atoms with E-state index >= 15 is 0 Å². The van der Waals surface area contributed by atoms with Crippen LogP contribution >= 0.6 is 0 Å². The fraction of sp³-hybridized carbons (Fsp3) is 0.550. The lowest BCUT2D eigenvalue weighted by Crippen LogP contribution is -2.47. The van der Waals surface area contributed by atoms with Crippen LogP contribution in [-0.4, -0.2) is 76.9 Å². The summed E-state index contributed by atoms with van der Waals surface area (Å²) >= 11 is 0. The molecule has 10 heteroatoms. The first-order valence-electron chi connectivity index (χ1n) is 10.4. The molecule has 9 nitrogen and oxygen atoms in total. The fourth-order valence-corrected chi connectivity index (χ4v) is 6.35. The van der Waals surface area contributed by atoms with Crippen LogP contribution in [0.1, 0.15) is 42.1 Å². The number of hydrogen-bond donors (Lipinski definition) is 0. The molecule has 160 valence electrons. The Morgan fingerprint density at radius 3 is 2.13 bits per heavy atom. The highest BCUT2D eigenvalue weighted by atomic mass is 32.2. The molecule has 4 heterocycles. The van der Waals surface area contributed by atoms with Crippen molar-refractivity contribution in [3.8, 4) is 0 Å². The lowest BCUT2D eigenvalue weighted by Gasteiger charge is -2.38. The molecule has 3 saturated heterocycles. The van der Waals surface area contributed by atoms with Crippen LogP contribution in [0, 0.1) is 0 Å². The predicted molar refractivity (Wildman–Crippen MR) is 107 cm³/mol. The molecule has 0 aliphatic carbocycles. The van der Waals surface area contributed by atoms with Gasteiger partial charge in [0.25, 0.3) is 5.91 Å². The van der Waals surface area contributed by atoms with Gasteiger partial charge >= 0.3 is 0 Å². The molecular formula is C20H25N5O4S. The zero-order valence-corrected chi connectivity index (χ0v) is 17.4. The Bertz CT molecular complexity index is 988. The van der Waals surface area contributed by atoms with E-state index in [1.54, 1.807) is 41.5 Å². The second kappa shape index (κ2) is 7.75. The van der Waals surface area contributed by atoms with Crippen LogP contribution in [0.2, 0.25) is 0 Å². The zero-order chi connectivity index (χ0) is 20.7. The van der Waals surface area contributed by atoms with Gasteiger partial charge in [-0.05, 0) is 49.9 Å². The maximum Gasteiger partial charge on any atom is 0.254 e. The van der Waals surface area contributed by atoms with Crippen molar-refractivity contribution in [2.75, 3.05) is 26.3 Å². The summed E-state index contributed by atoms with van der Waals surface area (Å²) in [5, 5.41) is 8.54. The molecule has 1 aromatic carbocycles. The summed E-state index contributed by atoms with van der Waals surface area (Å²) in [5.74, 6) is -0.0234. The topological polar surface area (TPSA) is 97.6 Å². The van der Waals surface area contributed by atoms with Gasteiger partial charge in [-0.1, -0.05) is 0 Å². The summed E-state index contributed by atoms with van der Waals surface area (Å²) in [6.07, 6.45) is 7.04. The SMILES string of the molecule is O=C(c1ccc(S(=O)(=O)N2CCOCC2)cc1)N1C2CCC1CC(n1nccn1)C2. The number of sulfonamides is 1. The van der Waals surface area contributed by atoms with E-state index in [1.165, 1.54) is 4.31 Å². The van der Waals surface area contributed by atoms with Crippen molar-refractivity contribution >= 4 is 15.9 Å². The number of piperidine rings is 1. The van der Waals surface area contributed by atoms with Gasteiger partial charge in [0.05, 0.1) is 36.5 Å². The molecule has 3 aliphatic rings. The van der Waals surface area contributed by atoms with E-state index in [2.05, 4.69) is 10.2 Å². The van der Waals surface area contributed by atoms with E-state index in [0.29, 0.717) is 31.9 Å². The third-order valence-corrected chi connectivity index (χ3v) is 8.33. The van der Waals surface area contributed by atoms with E-state index in [0.717, 1.165) is 25.7 Å². The summed E-state index contributed by atoms with van der Waals surface area (Å²) in [7, 11) is -3.56. The van der Waals surface area contributed by atoms with E-state index in [1.807, 2.05) is 4.90 Å². The van der Waals surface area contributed by atoms with E-state index < -0.39 is 10.0 Å². The number of ether oxygens (including phenoxy) is 1. The second-order valence-corrected chi connectivity index (χ2v) is 10.1. The van der Waals surface area contributed by atoms with Gasteiger partial charge in [-0.3, -0.25) is 4.79 Å². The summed E-state index contributed by atoms with van der Waals surface area (Å²) in [6, 6.07) is 6.92. The van der Waals surface area contributed by atoms with Crippen LogP contribution in [-0.2, 0) is 14.8 Å². The van der Waals surface area contributed by atoms with Crippen molar-refractivity contribution in [1.82, 2.24) is 24.2 Å². The Morgan fingerprint density at radius 2 is 1.53 bits per heavy atom. The minimum Gasteiger partial charge on any atom is -0.379 e. The number of hydrogen-bond acceptors (Lipinski definition) is 6. The molecule has 2 atom stereocenters. The molecular weight excluding hydrogens is 406 g/mol. The Balaban J connectivity index is 1.31. The molecule has 0 N–H and O–H groups in total. The van der Waals surface area contributed by atoms with Crippen molar-refractivity contribution in [3.63, 3.8) is 0 Å². The van der Waals surface area contributed by atoms with Crippen molar-refractivity contribution in [1.29, 1.82) is 0 Å². The third-order valence-electron chi connectivity index (χ3n) is 6.42. The number of morpholine rings is 1. The number of benzene rings is 1. The van der Waals surface area contributed by atoms with Crippen molar-refractivity contribution in [3.05, 3.63) is 42.2 Å². The van der Waals surface area contributed by atoms with Gasteiger partial charge in [0.15, 0.2) is 0 Å². The monoisotopic (exact) mass is 431 g/mol. The smallest absolute Gasteiger partial charge is 0.254 e. The molecule has 1 amide bonds. The van der Waals surface area contributed by atoms with Crippen molar-refractivity contribution < 1.29 is 17.9 Å². The lowest BCUT2D eigenvalue weighted by molar-refractivity contribution is 0.0512. The van der Waals surface area contributed by atoms with Crippen LogP contribution in [0.15, 0.2) is 41.6 Å². The number of aromatic nitrogens is 3. The number of nitrogens with zero attached hydrogens (tertiary/aromatic N) is 5. The van der Waals surface area contributed by atoms with Gasteiger partial charge in [0.2, 0.25) is 10.0 Å². The molecule has 30 heavy (non-hydrogen) atoms. The Kier molecular flexibility index (Phi) is 5.08. The van der Waals surface area contributed by atoms with E-state index in [4.69, 9.17) is 4.74 Å². The maximum absolute atomic E-state index is 13.2. The highest BCUT2D eigenvalue weighted by Crippen LogP contribution is 2.41. The average Bonchev–Trinajstić information content (AvgIpc) is 3.40. The third kappa shape index (κ3) is 3.42. The molecule has 2 aromatic rings. The minimum absolute atomic E-state index is 0.0234. The van der Waals surface area contributed by atoms with Gasteiger partial charge in [-0.2, -0.15) is 19.3 Å². The molecule has 3 aliphatic heterocycles. The number of carbonyl (C=O) groups excluding carboxylic acids is 1. The number of fused-ring (bicyclic) bond motifs is 2. The predicted octanol–water partition coefficient (Wildman–Crippen LogP) is 1.31. The molecule has 0 spiro atoms. The Labute approximate surface area is 175 Å². The van der Waals surface area contributed by atoms with E-state index in [9.17, 15) is 13.2 Å². The van der Waals surface area contributed by atoms with Crippen molar-refractivity contribution in [2.45, 2.75) is 48.7 Å². The number of carbonyl (C=O) groups is 1. The summed E-state index contributed by atoms with van der Waals surface area (Å²) < 4.78 is 32.3. The van der Waals surface area contributed by atoms with Crippen LogP contribution in [0.4, 0.5) is 0 Å². The molecule has 0 saturated carbocycles. The average molecular weight is 432 g/mol. The molecule has 0 radical (unpaired) electrons. The molecule has 2 unspecified atom stereocenters. The molecule has 5 rings (SSSR count). The molecule has 1 aromatic heterocycles. The summed E-state index contributed by atoms with van der Waals surface area (Å²) in [4.78, 5) is 17.2. The Hall–Kier alpha value is -2.30. The number of rotatable bonds is 4. The van der Waals surface area contributed by atoms with Gasteiger partial charge < -0.3 is 9.64 Å². The highest BCUT2D eigenvalue weighted by molar-refractivity contribution is 7.89. The number of amides is 1. The summed E-state index contributed by atoms with van der Waals surface area (Å²) in [6.45, 7) is 1.52. The molecule has 2 bridgehead atoms. The maximum atomic E-state index is 13.2. The zero-order valence-electron chi connectivity index (χ0n) is 16.6. The van der Waals surface area contributed by atoms with Crippen LogP contribution in [0.5, 0.6) is 0 Å². The van der Waals surface area contributed by atoms with Gasteiger partial charge in [-0.15, -0.1) is 0 Å². The normalized spacial score (nSPS) is 27.3. The first-order valence-corrected chi connectivity index (χ1v) is 11.8. The van der Waals surface area contributed by atoms with Crippen LogP contribution < -0.4 is 0 Å². The van der Waals surface area contributed by atoms with Crippen LogP contribution in [0.25, 0.3) is 0 Å². The lowest BCUT2D eigenvalue weighted by atomic mass is 9.97. The van der Waals surface area contributed by atoms with E-state index in [-0.39, 0.29) is 28.9 Å². The minimum atomic E-state index is -3.56. The second-order valence-electron chi connectivity index (χ2n) is 8.11. The standard InChI is InChI=1S/C20H25N5O4S/c26-20(24-16-3-4-17(24)14-18(13-16)25-21-7-8-22-25)15-1-5-19(6-2-15)30(27,28)23-9-11-29-12-10-23/h1-2,5-8,16-18H,3-4,9-14H2. The first-order chi connectivity index (χ1) is 14.5. The van der Waals surface area contributed by atoms with Gasteiger partial charge in [0.1, 0.15) is 0 Å². The van der Waals surface area contributed by atoms with Crippen LogP contribution in [0.3, 0.4) is 0 Å². The summed E-state index contributed by atoms with van der Waals surface area (Å²) in [5.41, 5.74) is 0.531.